The smallest absolute Gasteiger partial charge is 0.244 e. The largest absolute Gasteiger partial charge is 0.378 e. The summed E-state index contributed by atoms with van der Waals surface area (Å²) in [5.41, 5.74) is 6.58. The number of anilines is 1. The fraction of sp³-hybridized carbons (Fsp3) is 0.111. The van der Waals surface area contributed by atoms with Crippen LogP contribution in [-0.2, 0) is 4.79 Å². The van der Waals surface area contributed by atoms with Crippen molar-refractivity contribution in [3.63, 3.8) is 0 Å². The molecule has 31 heavy (non-hydrogen) atoms. The van der Waals surface area contributed by atoms with Gasteiger partial charge in [-0.1, -0.05) is 72.8 Å². The van der Waals surface area contributed by atoms with Gasteiger partial charge >= 0.3 is 0 Å². The van der Waals surface area contributed by atoms with Gasteiger partial charge in [-0.25, -0.2) is 0 Å². The lowest BCUT2D eigenvalue weighted by atomic mass is 9.99. The fourth-order valence-corrected chi connectivity index (χ4v) is 3.51. The van der Waals surface area contributed by atoms with Crippen LogP contribution in [0.2, 0.25) is 0 Å². The lowest BCUT2D eigenvalue weighted by Crippen LogP contribution is -2.22. The van der Waals surface area contributed by atoms with Gasteiger partial charge in [0.05, 0.1) is 11.4 Å². The summed E-state index contributed by atoms with van der Waals surface area (Å²) in [6, 6.07) is 28.2. The van der Waals surface area contributed by atoms with Crippen molar-refractivity contribution in [3.05, 3.63) is 114 Å². The molecular formula is C27H25N3O. The Labute approximate surface area is 183 Å². The van der Waals surface area contributed by atoms with E-state index >= 15 is 0 Å². The molecule has 0 aromatic heterocycles. The average molecular weight is 408 g/mol. The lowest BCUT2D eigenvalue weighted by molar-refractivity contribution is -0.125. The van der Waals surface area contributed by atoms with E-state index in [1.165, 1.54) is 5.01 Å². The molecule has 0 saturated heterocycles. The van der Waals surface area contributed by atoms with E-state index in [4.69, 9.17) is 5.10 Å². The highest BCUT2D eigenvalue weighted by Crippen LogP contribution is 2.30. The molecule has 4 heteroatoms. The van der Waals surface area contributed by atoms with Crippen LogP contribution in [0, 0.1) is 0 Å². The molecule has 0 spiro atoms. The Morgan fingerprint density at radius 2 is 1.32 bits per heavy atom. The Morgan fingerprint density at radius 1 is 0.742 bits per heavy atom. The third-order valence-electron chi connectivity index (χ3n) is 5.17. The van der Waals surface area contributed by atoms with E-state index in [0.29, 0.717) is 0 Å². The molecule has 1 aliphatic heterocycles. The zero-order chi connectivity index (χ0) is 21.8. The maximum Gasteiger partial charge on any atom is 0.244 e. The second-order valence-corrected chi connectivity index (χ2v) is 7.62. The monoisotopic (exact) mass is 407 g/mol. The molecule has 0 radical (unpaired) electrons. The summed E-state index contributed by atoms with van der Waals surface area (Å²) >= 11 is 0. The first kappa shape index (κ1) is 20.4. The fourth-order valence-electron chi connectivity index (χ4n) is 3.51. The van der Waals surface area contributed by atoms with Gasteiger partial charge in [0.2, 0.25) is 5.91 Å². The van der Waals surface area contributed by atoms with Gasteiger partial charge < -0.3 is 4.90 Å². The van der Waals surface area contributed by atoms with Crippen molar-refractivity contribution in [2.24, 2.45) is 5.10 Å². The van der Waals surface area contributed by atoms with Gasteiger partial charge in [-0.05, 0) is 35.4 Å². The molecule has 0 bridgehead atoms. The zero-order valence-corrected chi connectivity index (χ0v) is 18.0. The number of rotatable bonds is 4. The first-order valence-corrected chi connectivity index (χ1v) is 10.2. The molecule has 0 unspecified atom stereocenters. The van der Waals surface area contributed by atoms with Crippen LogP contribution in [0.15, 0.2) is 102 Å². The molecule has 4 nitrogen and oxygen atoms in total. The molecule has 3 aromatic carbocycles. The van der Waals surface area contributed by atoms with Gasteiger partial charge in [-0.2, -0.15) is 10.1 Å². The maximum absolute atomic E-state index is 12.6. The Kier molecular flexibility index (Phi) is 5.80. The van der Waals surface area contributed by atoms with Gasteiger partial charge in [0.15, 0.2) is 0 Å². The summed E-state index contributed by atoms with van der Waals surface area (Å²) < 4.78 is 0. The molecule has 0 aliphatic carbocycles. The lowest BCUT2D eigenvalue weighted by Gasteiger charge is -2.19. The first-order valence-electron chi connectivity index (χ1n) is 10.2. The summed E-state index contributed by atoms with van der Waals surface area (Å²) in [4.78, 5) is 14.7. The number of allylic oxidation sites excluding steroid dienone is 3. The Morgan fingerprint density at radius 3 is 1.87 bits per heavy atom. The molecule has 154 valence electrons. The summed E-state index contributed by atoms with van der Waals surface area (Å²) in [6.07, 6.45) is 4.09. The third-order valence-corrected chi connectivity index (χ3v) is 5.17. The van der Waals surface area contributed by atoms with Crippen LogP contribution < -0.4 is 4.90 Å². The third kappa shape index (κ3) is 4.48. The van der Waals surface area contributed by atoms with Crippen LogP contribution in [0.4, 0.5) is 5.69 Å². The predicted molar refractivity (Wildman–Crippen MR) is 129 cm³/mol. The number of carbonyl (C=O) groups is 1. The van der Waals surface area contributed by atoms with E-state index in [-0.39, 0.29) is 5.91 Å². The van der Waals surface area contributed by atoms with Crippen molar-refractivity contribution in [3.8, 4) is 0 Å². The second kappa shape index (κ2) is 8.84. The summed E-state index contributed by atoms with van der Waals surface area (Å²) in [6.45, 7) is 1.54. The van der Waals surface area contributed by atoms with Gasteiger partial charge in [0.1, 0.15) is 0 Å². The summed E-state index contributed by atoms with van der Waals surface area (Å²) in [5, 5.41) is 6.27. The molecule has 1 heterocycles. The Balaban J connectivity index is 1.90. The average Bonchev–Trinajstić information content (AvgIpc) is 3.01. The van der Waals surface area contributed by atoms with Crippen molar-refractivity contribution < 1.29 is 4.79 Å². The van der Waals surface area contributed by atoms with Crippen LogP contribution in [0.3, 0.4) is 0 Å². The number of hydrogen-bond donors (Lipinski definition) is 0. The summed E-state index contributed by atoms with van der Waals surface area (Å²) in [7, 11) is 4.05. The number of amides is 1. The van der Waals surface area contributed by atoms with Crippen molar-refractivity contribution >= 4 is 28.6 Å². The molecule has 3 aromatic rings. The van der Waals surface area contributed by atoms with Crippen molar-refractivity contribution in [1.82, 2.24) is 5.01 Å². The Bertz CT molecular complexity index is 1160. The minimum atomic E-state index is -0.138. The zero-order valence-electron chi connectivity index (χ0n) is 18.0. The van der Waals surface area contributed by atoms with E-state index in [9.17, 15) is 4.79 Å². The van der Waals surface area contributed by atoms with Gasteiger partial charge in [0.25, 0.3) is 0 Å². The van der Waals surface area contributed by atoms with Crippen LogP contribution in [0.25, 0.3) is 11.3 Å². The number of hydrazone groups is 1. The van der Waals surface area contributed by atoms with E-state index in [1.54, 1.807) is 6.92 Å². The molecule has 0 atom stereocenters. The van der Waals surface area contributed by atoms with Crippen LogP contribution in [0.5, 0.6) is 0 Å². The summed E-state index contributed by atoms with van der Waals surface area (Å²) in [5.74, 6) is -0.138. The van der Waals surface area contributed by atoms with Gasteiger partial charge in [0, 0.05) is 37.8 Å². The normalized spacial score (nSPS) is 13.6. The highest BCUT2D eigenvalue weighted by atomic mass is 16.2. The molecular weight excluding hydrogens is 382 g/mol. The minimum absolute atomic E-state index is 0.138. The molecule has 1 amide bonds. The number of nitrogens with zero attached hydrogens (tertiary/aromatic N) is 3. The minimum Gasteiger partial charge on any atom is -0.378 e. The predicted octanol–water partition coefficient (Wildman–Crippen LogP) is 5.44. The van der Waals surface area contributed by atoms with Crippen molar-refractivity contribution in [2.45, 2.75) is 6.92 Å². The van der Waals surface area contributed by atoms with E-state index in [1.807, 2.05) is 86.9 Å². The highest BCUT2D eigenvalue weighted by molar-refractivity contribution is 6.15. The molecule has 0 fully saturated rings. The van der Waals surface area contributed by atoms with Crippen molar-refractivity contribution in [1.29, 1.82) is 0 Å². The van der Waals surface area contributed by atoms with E-state index in [0.717, 1.165) is 39.4 Å². The molecule has 0 saturated carbocycles. The molecule has 0 N–H and O–H groups in total. The van der Waals surface area contributed by atoms with E-state index < -0.39 is 0 Å². The van der Waals surface area contributed by atoms with Crippen LogP contribution in [0.1, 0.15) is 23.6 Å². The standard InChI is InChI=1S/C27H25N3O/c1-20(31)30-27(23-12-8-5-9-13-23)19-24(21-14-16-25(17-15-21)29(2)3)18-26(28-30)22-10-6-4-7-11-22/h4-19H,1-3H3. The van der Waals surface area contributed by atoms with Crippen LogP contribution in [-0.4, -0.2) is 30.7 Å². The quantitative estimate of drug-likeness (QED) is 0.577. The van der Waals surface area contributed by atoms with Gasteiger partial charge in [-0.3, -0.25) is 4.79 Å². The van der Waals surface area contributed by atoms with Crippen LogP contribution >= 0.6 is 0 Å². The number of benzene rings is 3. The SMILES string of the molecule is CC(=O)N1N=C(c2ccccc2)C=C(c2ccc(N(C)C)cc2)C=C1c1ccccc1. The van der Waals surface area contributed by atoms with Gasteiger partial charge in [-0.15, -0.1) is 0 Å². The number of hydrogen-bond acceptors (Lipinski definition) is 3. The molecule has 1 aliphatic rings. The number of carbonyl (C=O) groups excluding carboxylic acids is 1. The maximum atomic E-state index is 12.6. The second-order valence-electron chi connectivity index (χ2n) is 7.62. The Hall–Kier alpha value is -3.92. The molecule has 4 rings (SSSR count). The van der Waals surface area contributed by atoms with E-state index in [2.05, 4.69) is 29.2 Å². The highest BCUT2D eigenvalue weighted by Gasteiger charge is 2.21. The van der Waals surface area contributed by atoms with Crippen molar-refractivity contribution in [2.75, 3.05) is 19.0 Å². The first-order chi connectivity index (χ1) is 15.0. The topological polar surface area (TPSA) is 35.9 Å².